The molecule has 0 saturated heterocycles. The van der Waals surface area contributed by atoms with Crippen molar-refractivity contribution >= 4 is 11.9 Å². The minimum absolute atomic E-state index is 0.358. The van der Waals surface area contributed by atoms with E-state index in [9.17, 15) is 9.59 Å². The molecule has 0 unspecified atom stereocenters. The van der Waals surface area contributed by atoms with Crippen LogP contribution in [0.25, 0.3) is 11.1 Å². The summed E-state index contributed by atoms with van der Waals surface area (Å²) in [6.45, 7) is 2.15. The van der Waals surface area contributed by atoms with Crippen molar-refractivity contribution < 1.29 is 9.59 Å². The van der Waals surface area contributed by atoms with Gasteiger partial charge in [0.25, 0.3) is 5.91 Å². The second kappa shape index (κ2) is 8.69. The fourth-order valence-corrected chi connectivity index (χ4v) is 2.07. The highest BCUT2D eigenvalue weighted by molar-refractivity contribution is 5.84. The van der Waals surface area contributed by atoms with E-state index in [-0.39, 0.29) is 0 Å². The highest BCUT2D eigenvalue weighted by Gasteiger charge is 2.11. The zero-order valence-corrected chi connectivity index (χ0v) is 13.6. The molecule has 2 aromatic rings. The number of carbonyl (C=O) groups is 2. The molecule has 0 radical (unpaired) electrons. The molecule has 0 spiro atoms. The Labute approximate surface area is 141 Å². The number of hydrazine groups is 1. The van der Waals surface area contributed by atoms with Gasteiger partial charge in [0.15, 0.2) is 0 Å². The zero-order valence-electron chi connectivity index (χ0n) is 13.6. The van der Waals surface area contributed by atoms with Crippen LogP contribution in [0.2, 0.25) is 0 Å². The normalized spacial score (nSPS) is 11.4. The van der Waals surface area contributed by atoms with Crippen LogP contribution in [0.5, 0.6) is 0 Å². The third-order valence-corrected chi connectivity index (χ3v) is 3.59. The molecule has 0 aliphatic rings. The monoisotopic (exact) mass is 326 g/mol. The molecular weight excluding hydrogens is 304 g/mol. The number of nitrogens with one attached hydrogen (secondary N) is 3. The lowest BCUT2D eigenvalue weighted by molar-refractivity contribution is -0.123. The van der Waals surface area contributed by atoms with Gasteiger partial charge < -0.3 is 11.1 Å². The molecule has 1 atom stereocenters. The Balaban J connectivity index is 1.80. The van der Waals surface area contributed by atoms with Gasteiger partial charge in [-0.3, -0.25) is 10.2 Å². The van der Waals surface area contributed by atoms with Crippen LogP contribution in [-0.2, 0) is 11.3 Å². The largest absolute Gasteiger partial charge is 0.333 e. The highest BCUT2D eigenvalue weighted by atomic mass is 16.2. The van der Waals surface area contributed by atoms with Crippen LogP contribution >= 0.6 is 0 Å². The van der Waals surface area contributed by atoms with E-state index in [2.05, 4.69) is 16.2 Å². The van der Waals surface area contributed by atoms with Gasteiger partial charge in [-0.05, 0) is 23.1 Å². The van der Waals surface area contributed by atoms with Gasteiger partial charge in [-0.15, -0.1) is 0 Å². The van der Waals surface area contributed by atoms with Gasteiger partial charge in [-0.25, -0.2) is 10.2 Å². The summed E-state index contributed by atoms with van der Waals surface area (Å²) in [6, 6.07) is 16.9. The van der Waals surface area contributed by atoms with Crippen LogP contribution in [0.1, 0.15) is 18.9 Å². The lowest BCUT2D eigenvalue weighted by Crippen LogP contribution is -2.51. The van der Waals surface area contributed by atoms with Crippen LogP contribution in [0.15, 0.2) is 54.6 Å². The van der Waals surface area contributed by atoms with Crippen molar-refractivity contribution in [3.05, 3.63) is 60.2 Å². The zero-order chi connectivity index (χ0) is 17.4. The minimum Gasteiger partial charge on any atom is -0.333 e. The second-order valence-corrected chi connectivity index (χ2v) is 5.37. The summed E-state index contributed by atoms with van der Waals surface area (Å²) in [5.41, 5.74) is 13.3. The van der Waals surface area contributed by atoms with Crippen LogP contribution in [0, 0.1) is 0 Å². The predicted octanol–water partition coefficient (Wildman–Crippen LogP) is 1.92. The number of nitrogens with two attached hydrogens (primary N) is 1. The number of hydrogen-bond donors (Lipinski definition) is 4. The molecule has 0 bridgehead atoms. The Morgan fingerprint density at radius 3 is 2.21 bits per heavy atom. The average Bonchev–Trinajstić information content (AvgIpc) is 2.64. The van der Waals surface area contributed by atoms with E-state index >= 15 is 0 Å². The van der Waals surface area contributed by atoms with Gasteiger partial charge in [-0.2, -0.15) is 0 Å². The maximum atomic E-state index is 11.6. The molecule has 6 nitrogen and oxygen atoms in total. The molecule has 0 aliphatic heterocycles. The van der Waals surface area contributed by atoms with Gasteiger partial charge in [0.05, 0.1) is 6.04 Å². The molecule has 2 rings (SSSR count). The van der Waals surface area contributed by atoms with Crippen molar-refractivity contribution in [2.75, 3.05) is 0 Å². The molecule has 0 fully saturated rings. The lowest BCUT2D eigenvalue weighted by atomic mass is 10.0. The number of amides is 3. The average molecular weight is 326 g/mol. The van der Waals surface area contributed by atoms with Crippen molar-refractivity contribution in [3.63, 3.8) is 0 Å². The Morgan fingerprint density at radius 2 is 1.58 bits per heavy atom. The number of carbonyl (C=O) groups excluding carboxylic acids is 2. The maximum absolute atomic E-state index is 11.6. The SMILES string of the molecule is CC[C@H](N)C(=O)NNC(=O)NCc1ccc(-c2ccccc2)cc1. The summed E-state index contributed by atoms with van der Waals surface area (Å²) in [7, 11) is 0. The Hall–Kier alpha value is -2.86. The van der Waals surface area contributed by atoms with Crippen LogP contribution < -0.4 is 21.9 Å². The fourth-order valence-electron chi connectivity index (χ4n) is 2.07. The molecule has 0 aromatic heterocycles. The summed E-state index contributed by atoms with van der Waals surface area (Å²) < 4.78 is 0. The molecule has 24 heavy (non-hydrogen) atoms. The molecule has 0 heterocycles. The molecule has 5 N–H and O–H groups in total. The molecule has 126 valence electrons. The van der Waals surface area contributed by atoms with Crippen LogP contribution in [-0.4, -0.2) is 18.0 Å². The minimum atomic E-state index is -0.629. The van der Waals surface area contributed by atoms with E-state index in [0.29, 0.717) is 13.0 Å². The summed E-state index contributed by atoms with van der Waals surface area (Å²) in [4.78, 5) is 23.1. The lowest BCUT2D eigenvalue weighted by Gasteiger charge is -2.12. The molecular formula is C18H22N4O2. The highest BCUT2D eigenvalue weighted by Crippen LogP contribution is 2.19. The van der Waals surface area contributed by atoms with Gasteiger partial charge in [-0.1, -0.05) is 61.5 Å². The van der Waals surface area contributed by atoms with Crippen molar-refractivity contribution in [2.45, 2.75) is 25.9 Å². The Kier molecular flexibility index (Phi) is 6.33. The Morgan fingerprint density at radius 1 is 0.958 bits per heavy atom. The van der Waals surface area contributed by atoms with Crippen LogP contribution in [0.3, 0.4) is 0 Å². The third-order valence-electron chi connectivity index (χ3n) is 3.59. The van der Waals surface area contributed by atoms with E-state index in [4.69, 9.17) is 5.73 Å². The molecule has 3 amide bonds. The number of rotatable bonds is 5. The van der Waals surface area contributed by atoms with Crippen molar-refractivity contribution in [1.29, 1.82) is 0 Å². The number of urea groups is 1. The van der Waals surface area contributed by atoms with Gasteiger partial charge in [0, 0.05) is 6.54 Å². The first-order valence-electron chi connectivity index (χ1n) is 7.83. The Bertz CT molecular complexity index is 671. The fraction of sp³-hybridized carbons (Fsp3) is 0.222. The predicted molar refractivity (Wildman–Crippen MR) is 93.7 cm³/mol. The molecule has 0 aliphatic carbocycles. The number of hydrogen-bond acceptors (Lipinski definition) is 3. The molecule has 2 aromatic carbocycles. The first-order valence-corrected chi connectivity index (χ1v) is 7.83. The topological polar surface area (TPSA) is 96.2 Å². The third kappa shape index (κ3) is 5.10. The summed E-state index contributed by atoms with van der Waals surface area (Å²) in [5, 5.41) is 2.66. The molecule has 0 saturated carbocycles. The smallest absolute Gasteiger partial charge is 0.333 e. The number of benzene rings is 2. The van der Waals surface area contributed by atoms with Crippen molar-refractivity contribution in [2.24, 2.45) is 5.73 Å². The van der Waals surface area contributed by atoms with Crippen molar-refractivity contribution in [3.8, 4) is 11.1 Å². The van der Waals surface area contributed by atoms with Gasteiger partial charge in [0.1, 0.15) is 0 Å². The molecule has 6 heteroatoms. The summed E-state index contributed by atoms with van der Waals surface area (Å²) in [5.74, 6) is -0.417. The first-order chi connectivity index (χ1) is 11.6. The first kappa shape index (κ1) is 17.5. The second-order valence-electron chi connectivity index (χ2n) is 5.37. The quantitative estimate of drug-likeness (QED) is 0.632. The van der Waals surface area contributed by atoms with Crippen molar-refractivity contribution in [1.82, 2.24) is 16.2 Å². The van der Waals surface area contributed by atoms with E-state index in [0.717, 1.165) is 16.7 Å². The van der Waals surface area contributed by atoms with E-state index in [1.807, 2.05) is 54.6 Å². The summed E-state index contributed by atoms with van der Waals surface area (Å²) in [6.07, 6.45) is 0.503. The maximum Gasteiger partial charge on any atom is 0.333 e. The van der Waals surface area contributed by atoms with Gasteiger partial charge >= 0.3 is 6.03 Å². The van der Waals surface area contributed by atoms with E-state index in [1.54, 1.807) is 6.92 Å². The standard InChI is InChI=1S/C18H22N4O2/c1-2-16(19)17(23)21-22-18(24)20-12-13-8-10-15(11-9-13)14-6-4-3-5-7-14/h3-11,16H,2,12,19H2,1H3,(H,21,23)(H2,20,22,24)/t16-/m0/s1. The van der Waals surface area contributed by atoms with E-state index in [1.165, 1.54) is 0 Å². The summed E-state index contributed by atoms with van der Waals surface area (Å²) >= 11 is 0. The van der Waals surface area contributed by atoms with Crippen LogP contribution in [0.4, 0.5) is 4.79 Å². The van der Waals surface area contributed by atoms with Gasteiger partial charge in [0.2, 0.25) is 0 Å². The van der Waals surface area contributed by atoms with E-state index < -0.39 is 18.0 Å².